The molecule has 25 heavy (non-hydrogen) atoms. The van der Waals surface area contributed by atoms with Crippen LogP contribution < -0.4 is 10.1 Å². The van der Waals surface area contributed by atoms with Crippen LogP contribution in [-0.2, 0) is 4.79 Å². The van der Waals surface area contributed by atoms with Crippen molar-refractivity contribution in [2.75, 3.05) is 19.7 Å². The van der Waals surface area contributed by atoms with E-state index in [4.69, 9.17) is 4.74 Å². The highest BCUT2D eigenvalue weighted by Gasteiger charge is 2.36. The summed E-state index contributed by atoms with van der Waals surface area (Å²) in [6.45, 7) is 2.26. The van der Waals surface area contributed by atoms with Gasteiger partial charge in [-0.2, -0.15) is 0 Å². The molecule has 2 aromatic carbocycles. The predicted molar refractivity (Wildman–Crippen MR) is 91.5 cm³/mol. The van der Waals surface area contributed by atoms with Crippen molar-refractivity contribution < 1.29 is 19.1 Å². The van der Waals surface area contributed by atoms with Gasteiger partial charge in [0, 0.05) is 0 Å². The first-order valence-electron chi connectivity index (χ1n) is 7.97. The Hall–Kier alpha value is -3.15. The maximum absolute atomic E-state index is 12.2. The van der Waals surface area contributed by atoms with E-state index in [9.17, 15) is 14.4 Å². The topological polar surface area (TPSA) is 75.7 Å². The molecule has 2 aromatic rings. The smallest absolute Gasteiger partial charge is 0.262 e. The zero-order valence-electron chi connectivity index (χ0n) is 13.8. The molecular weight excluding hydrogens is 320 g/mol. The molecule has 0 aliphatic carbocycles. The molecule has 3 rings (SSSR count). The van der Waals surface area contributed by atoms with Crippen LogP contribution in [0.5, 0.6) is 5.75 Å². The Bertz CT molecular complexity index is 797. The molecule has 3 amide bonds. The number of rotatable bonds is 6. The maximum atomic E-state index is 12.2. The standard InChI is InChI=1S/C19H18N2O4/c1-13-5-4-6-14(11-13)25-10-9-20-17(22)12-21-18(23)15-7-2-3-8-16(15)19(21)24/h2-8,11H,9-10,12H2,1H3,(H,20,22). The zero-order chi connectivity index (χ0) is 17.8. The normalized spacial score (nSPS) is 12.9. The monoisotopic (exact) mass is 338 g/mol. The molecule has 1 aliphatic rings. The number of amides is 3. The fourth-order valence-electron chi connectivity index (χ4n) is 2.65. The molecule has 6 nitrogen and oxygen atoms in total. The van der Waals surface area contributed by atoms with Crippen LogP contribution in [0, 0.1) is 6.92 Å². The van der Waals surface area contributed by atoms with Crippen LogP contribution in [0.3, 0.4) is 0 Å². The summed E-state index contributed by atoms with van der Waals surface area (Å²) in [4.78, 5) is 37.3. The minimum atomic E-state index is -0.438. The van der Waals surface area contributed by atoms with Gasteiger partial charge >= 0.3 is 0 Å². The van der Waals surface area contributed by atoms with Gasteiger partial charge in [-0.1, -0.05) is 24.3 Å². The molecule has 0 saturated heterocycles. The minimum Gasteiger partial charge on any atom is -0.492 e. The van der Waals surface area contributed by atoms with Crippen LogP contribution in [0.15, 0.2) is 48.5 Å². The Kier molecular flexibility index (Phi) is 4.79. The molecule has 0 saturated carbocycles. The minimum absolute atomic E-state index is 0.288. The number of carbonyl (C=O) groups excluding carboxylic acids is 3. The van der Waals surface area contributed by atoms with Gasteiger partial charge in [-0.15, -0.1) is 0 Å². The van der Waals surface area contributed by atoms with Gasteiger partial charge in [0.05, 0.1) is 17.7 Å². The third-order valence-corrected chi connectivity index (χ3v) is 3.86. The highest BCUT2D eigenvalue weighted by atomic mass is 16.5. The van der Waals surface area contributed by atoms with Crippen LogP contribution in [-0.4, -0.2) is 42.3 Å². The van der Waals surface area contributed by atoms with Crippen molar-refractivity contribution in [2.45, 2.75) is 6.92 Å². The van der Waals surface area contributed by atoms with E-state index >= 15 is 0 Å². The van der Waals surface area contributed by atoms with Crippen molar-refractivity contribution in [1.82, 2.24) is 10.2 Å². The van der Waals surface area contributed by atoms with E-state index < -0.39 is 17.7 Å². The first-order valence-corrected chi connectivity index (χ1v) is 7.97. The van der Waals surface area contributed by atoms with Crippen molar-refractivity contribution in [1.29, 1.82) is 0 Å². The lowest BCUT2D eigenvalue weighted by Gasteiger charge is -2.14. The van der Waals surface area contributed by atoms with Gasteiger partial charge in [0.2, 0.25) is 5.91 Å². The summed E-state index contributed by atoms with van der Waals surface area (Å²) in [6.07, 6.45) is 0. The number of nitrogens with zero attached hydrogens (tertiary/aromatic N) is 1. The second kappa shape index (κ2) is 7.17. The largest absolute Gasteiger partial charge is 0.492 e. The highest BCUT2D eigenvalue weighted by molar-refractivity contribution is 6.22. The average molecular weight is 338 g/mol. The molecule has 1 aliphatic heterocycles. The van der Waals surface area contributed by atoms with Crippen molar-refractivity contribution in [2.24, 2.45) is 0 Å². The summed E-state index contributed by atoms with van der Waals surface area (Å²) in [7, 11) is 0. The molecule has 1 heterocycles. The number of aryl methyl sites for hydroxylation is 1. The maximum Gasteiger partial charge on any atom is 0.262 e. The van der Waals surface area contributed by atoms with E-state index in [1.54, 1.807) is 24.3 Å². The van der Waals surface area contributed by atoms with Gasteiger partial charge in [0.1, 0.15) is 18.9 Å². The third kappa shape index (κ3) is 3.68. The number of nitrogens with one attached hydrogen (secondary N) is 1. The van der Waals surface area contributed by atoms with Gasteiger partial charge in [0.25, 0.3) is 11.8 Å². The number of hydrogen-bond acceptors (Lipinski definition) is 4. The fraction of sp³-hybridized carbons (Fsp3) is 0.211. The van der Waals surface area contributed by atoms with Gasteiger partial charge in [-0.05, 0) is 36.8 Å². The lowest BCUT2D eigenvalue weighted by atomic mass is 10.1. The summed E-state index contributed by atoms with van der Waals surface area (Å²) < 4.78 is 5.54. The molecule has 0 atom stereocenters. The predicted octanol–water partition coefficient (Wildman–Crippen LogP) is 1.79. The molecule has 0 bridgehead atoms. The van der Waals surface area contributed by atoms with E-state index in [-0.39, 0.29) is 13.1 Å². The Morgan fingerprint density at radius 3 is 2.36 bits per heavy atom. The van der Waals surface area contributed by atoms with Crippen LogP contribution >= 0.6 is 0 Å². The summed E-state index contributed by atoms with van der Waals surface area (Å²) in [5.74, 6) is -0.546. The summed E-state index contributed by atoms with van der Waals surface area (Å²) >= 11 is 0. The molecule has 128 valence electrons. The van der Waals surface area contributed by atoms with Crippen LogP contribution in [0.1, 0.15) is 26.3 Å². The molecule has 0 aromatic heterocycles. The van der Waals surface area contributed by atoms with E-state index in [2.05, 4.69) is 5.32 Å². The number of carbonyl (C=O) groups is 3. The van der Waals surface area contributed by atoms with Gasteiger partial charge < -0.3 is 10.1 Å². The molecule has 0 radical (unpaired) electrons. The second-order valence-corrected chi connectivity index (χ2v) is 5.76. The van der Waals surface area contributed by atoms with E-state index in [0.29, 0.717) is 17.7 Å². The van der Waals surface area contributed by atoms with E-state index in [1.807, 2.05) is 31.2 Å². The average Bonchev–Trinajstić information content (AvgIpc) is 2.84. The molecule has 0 fully saturated rings. The second-order valence-electron chi connectivity index (χ2n) is 5.76. The van der Waals surface area contributed by atoms with Crippen LogP contribution in [0.25, 0.3) is 0 Å². The van der Waals surface area contributed by atoms with Crippen molar-refractivity contribution in [3.63, 3.8) is 0 Å². The fourth-order valence-corrected chi connectivity index (χ4v) is 2.65. The Morgan fingerprint density at radius 2 is 1.72 bits per heavy atom. The molecule has 6 heteroatoms. The Morgan fingerprint density at radius 1 is 1.04 bits per heavy atom. The van der Waals surface area contributed by atoms with Gasteiger partial charge in [-0.3, -0.25) is 19.3 Å². The summed E-state index contributed by atoms with van der Waals surface area (Å²) in [5.41, 5.74) is 1.76. The molecule has 1 N–H and O–H groups in total. The van der Waals surface area contributed by atoms with Crippen LogP contribution in [0.2, 0.25) is 0 Å². The lowest BCUT2D eigenvalue weighted by Crippen LogP contribution is -2.41. The number of imide groups is 1. The number of benzene rings is 2. The Balaban J connectivity index is 1.47. The first-order chi connectivity index (χ1) is 12.1. The van der Waals surface area contributed by atoms with E-state index in [1.165, 1.54) is 0 Å². The number of fused-ring (bicyclic) bond motifs is 1. The first kappa shape index (κ1) is 16.7. The van der Waals surface area contributed by atoms with Gasteiger partial charge in [-0.25, -0.2) is 0 Å². The van der Waals surface area contributed by atoms with Crippen LogP contribution in [0.4, 0.5) is 0 Å². The van der Waals surface area contributed by atoms with Gasteiger partial charge in [0.15, 0.2) is 0 Å². The SMILES string of the molecule is Cc1cccc(OCCNC(=O)CN2C(=O)c3ccccc3C2=O)c1. The number of ether oxygens (including phenoxy) is 1. The summed E-state index contributed by atoms with van der Waals surface area (Å²) in [5, 5.41) is 2.65. The Labute approximate surface area is 145 Å². The van der Waals surface area contributed by atoms with E-state index in [0.717, 1.165) is 16.2 Å². The zero-order valence-corrected chi connectivity index (χ0v) is 13.8. The quantitative estimate of drug-likeness (QED) is 0.643. The van der Waals surface area contributed by atoms with Crippen molar-refractivity contribution in [3.05, 3.63) is 65.2 Å². The molecular formula is C19H18N2O4. The molecule has 0 spiro atoms. The highest BCUT2D eigenvalue weighted by Crippen LogP contribution is 2.21. The molecule has 0 unspecified atom stereocenters. The summed E-state index contributed by atoms with van der Waals surface area (Å²) in [6, 6.07) is 14.2. The third-order valence-electron chi connectivity index (χ3n) is 3.86. The lowest BCUT2D eigenvalue weighted by molar-refractivity contribution is -0.121. The van der Waals surface area contributed by atoms with Crippen molar-refractivity contribution >= 4 is 17.7 Å². The van der Waals surface area contributed by atoms with Crippen molar-refractivity contribution in [3.8, 4) is 5.75 Å². The number of hydrogen-bond donors (Lipinski definition) is 1.